The number of hydrogen-bond donors (Lipinski definition) is 1. The van der Waals surface area contributed by atoms with Crippen molar-refractivity contribution in [3.8, 4) is 0 Å². The summed E-state index contributed by atoms with van der Waals surface area (Å²) >= 11 is 1.21. The molecule has 12 heteroatoms. The van der Waals surface area contributed by atoms with Gasteiger partial charge < -0.3 is 4.90 Å². The van der Waals surface area contributed by atoms with E-state index in [1.807, 2.05) is 0 Å². The molecule has 0 saturated carbocycles. The standard InChI is InChI=1S/C15H18N6O4S2/c1-27(24,25)21-7-5-20(6-8-21)12(22)9-11-10-26-15(18-11)19-14(23)13-16-3-2-4-17-13/h2-4,10H,5-9H2,1H3,(H,18,19,23). The Kier molecular flexibility index (Phi) is 5.77. The second-order valence-corrected chi connectivity index (χ2v) is 8.73. The van der Waals surface area contributed by atoms with Gasteiger partial charge in [0.2, 0.25) is 21.8 Å². The zero-order chi connectivity index (χ0) is 19.4. The molecule has 0 aliphatic carbocycles. The molecule has 0 aromatic carbocycles. The molecule has 3 heterocycles. The Balaban J connectivity index is 1.53. The van der Waals surface area contributed by atoms with Crippen LogP contribution in [0.4, 0.5) is 5.13 Å². The van der Waals surface area contributed by atoms with Gasteiger partial charge >= 0.3 is 0 Å². The first kappa shape index (κ1) is 19.3. The number of rotatable bonds is 5. The maximum atomic E-state index is 12.4. The number of piperazine rings is 1. The van der Waals surface area contributed by atoms with Crippen LogP contribution in [-0.2, 0) is 21.2 Å². The molecule has 0 unspecified atom stereocenters. The zero-order valence-electron chi connectivity index (χ0n) is 14.5. The van der Waals surface area contributed by atoms with Crippen molar-refractivity contribution in [1.82, 2.24) is 24.2 Å². The fourth-order valence-electron chi connectivity index (χ4n) is 2.55. The highest BCUT2D eigenvalue weighted by atomic mass is 32.2. The van der Waals surface area contributed by atoms with Gasteiger partial charge in [-0.2, -0.15) is 4.31 Å². The second kappa shape index (κ2) is 8.06. The SMILES string of the molecule is CS(=O)(=O)N1CCN(C(=O)Cc2csc(NC(=O)c3ncccn3)n2)CC1. The fraction of sp³-hybridized carbons (Fsp3) is 0.400. The fourth-order valence-corrected chi connectivity index (χ4v) is 4.08. The minimum Gasteiger partial charge on any atom is -0.340 e. The van der Waals surface area contributed by atoms with Crippen LogP contribution >= 0.6 is 11.3 Å². The van der Waals surface area contributed by atoms with Gasteiger partial charge in [0.25, 0.3) is 5.91 Å². The van der Waals surface area contributed by atoms with Crippen LogP contribution in [-0.4, -0.2) is 76.8 Å². The van der Waals surface area contributed by atoms with Crippen LogP contribution in [0.3, 0.4) is 0 Å². The lowest BCUT2D eigenvalue weighted by molar-refractivity contribution is -0.131. The summed E-state index contributed by atoms with van der Waals surface area (Å²) in [6, 6.07) is 1.61. The predicted molar refractivity (Wildman–Crippen MR) is 98.8 cm³/mol. The van der Waals surface area contributed by atoms with Gasteiger partial charge in [0.05, 0.1) is 18.4 Å². The largest absolute Gasteiger partial charge is 0.340 e. The van der Waals surface area contributed by atoms with Gasteiger partial charge in [-0.15, -0.1) is 11.3 Å². The molecule has 2 aromatic heterocycles. The van der Waals surface area contributed by atoms with Crippen LogP contribution in [0.1, 0.15) is 16.3 Å². The lowest BCUT2D eigenvalue weighted by atomic mass is 10.2. The number of aromatic nitrogens is 3. The summed E-state index contributed by atoms with van der Waals surface area (Å²) in [6.07, 6.45) is 4.19. The van der Waals surface area contributed by atoms with Crippen LogP contribution in [0.5, 0.6) is 0 Å². The van der Waals surface area contributed by atoms with E-state index in [1.54, 1.807) is 16.3 Å². The van der Waals surface area contributed by atoms with Crippen molar-refractivity contribution in [3.05, 3.63) is 35.4 Å². The first-order valence-electron chi connectivity index (χ1n) is 8.08. The Labute approximate surface area is 160 Å². The van der Waals surface area contributed by atoms with E-state index >= 15 is 0 Å². The number of sulfonamides is 1. The van der Waals surface area contributed by atoms with E-state index in [9.17, 15) is 18.0 Å². The monoisotopic (exact) mass is 410 g/mol. The van der Waals surface area contributed by atoms with Gasteiger partial charge in [0.1, 0.15) is 0 Å². The van der Waals surface area contributed by atoms with Crippen LogP contribution in [0, 0.1) is 0 Å². The van der Waals surface area contributed by atoms with Crippen molar-refractivity contribution in [2.75, 3.05) is 37.8 Å². The average molecular weight is 410 g/mol. The minimum absolute atomic E-state index is 0.0362. The lowest BCUT2D eigenvalue weighted by Crippen LogP contribution is -2.50. The molecule has 3 rings (SSSR count). The average Bonchev–Trinajstić information content (AvgIpc) is 3.08. The number of amides is 2. The molecule has 2 amide bonds. The van der Waals surface area contributed by atoms with E-state index in [-0.39, 0.29) is 18.2 Å². The summed E-state index contributed by atoms with van der Waals surface area (Å²) in [5, 5.41) is 4.66. The van der Waals surface area contributed by atoms with Gasteiger partial charge in [-0.05, 0) is 6.07 Å². The predicted octanol–water partition coefficient (Wildman–Crippen LogP) is -0.168. The van der Waals surface area contributed by atoms with Crippen molar-refractivity contribution in [2.24, 2.45) is 0 Å². The molecule has 0 bridgehead atoms. The number of thiazole rings is 1. The first-order chi connectivity index (χ1) is 12.8. The van der Waals surface area contributed by atoms with E-state index in [1.165, 1.54) is 28.0 Å². The number of nitrogens with zero attached hydrogens (tertiary/aromatic N) is 5. The van der Waals surface area contributed by atoms with Crippen molar-refractivity contribution < 1.29 is 18.0 Å². The van der Waals surface area contributed by atoms with E-state index in [2.05, 4.69) is 20.3 Å². The number of anilines is 1. The summed E-state index contributed by atoms with van der Waals surface area (Å²) in [5.74, 6) is -0.563. The summed E-state index contributed by atoms with van der Waals surface area (Å²) < 4.78 is 24.4. The van der Waals surface area contributed by atoms with Gasteiger partial charge in [0.15, 0.2) is 5.13 Å². The normalized spacial score (nSPS) is 15.5. The number of nitrogens with one attached hydrogen (secondary N) is 1. The quantitative estimate of drug-likeness (QED) is 0.725. The lowest BCUT2D eigenvalue weighted by Gasteiger charge is -2.33. The van der Waals surface area contributed by atoms with Crippen molar-refractivity contribution in [1.29, 1.82) is 0 Å². The third kappa shape index (κ3) is 5.05. The Hall–Kier alpha value is -2.44. The van der Waals surface area contributed by atoms with Crippen molar-refractivity contribution in [3.63, 3.8) is 0 Å². The number of carbonyl (C=O) groups excluding carboxylic acids is 2. The number of hydrogen-bond acceptors (Lipinski definition) is 8. The van der Waals surface area contributed by atoms with E-state index < -0.39 is 15.9 Å². The first-order valence-corrected chi connectivity index (χ1v) is 10.8. The van der Waals surface area contributed by atoms with Gasteiger partial charge in [-0.1, -0.05) is 0 Å². The summed E-state index contributed by atoms with van der Waals surface area (Å²) in [4.78, 5) is 38.0. The molecular formula is C15H18N6O4S2. The molecule has 10 nitrogen and oxygen atoms in total. The van der Waals surface area contributed by atoms with Crippen molar-refractivity contribution >= 4 is 38.3 Å². The highest BCUT2D eigenvalue weighted by molar-refractivity contribution is 7.88. The molecule has 1 N–H and O–H groups in total. The summed E-state index contributed by atoms with van der Waals surface area (Å²) in [7, 11) is -3.23. The van der Waals surface area contributed by atoms with Crippen LogP contribution in [0.2, 0.25) is 0 Å². The molecule has 1 fully saturated rings. The third-order valence-electron chi connectivity index (χ3n) is 3.93. The van der Waals surface area contributed by atoms with E-state index in [0.717, 1.165) is 6.26 Å². The Morgan fingerprint density at radius 2 is 1.85 bits per heavy atom. The maximum absolute atomic E-state index is 12.4. The van der Waals surface area contributed by atoms with Gasteiger partial charge in [-0.3, -0.25) is 14.9 Å². The molecule has 27 heavy (non-hydrogen) atoms. The molecule has 0 spiro atoms. The molecule has 1 saturated heterocycles. The Morgan fingerprint density at radius 1 is 1.19 bits per heavy atom. The van der Waals surface area contributed by atoms with Gasteiger partial charge in [-0.25, -0.2) is 23.4 Å². The molecule has 0 radical (unpaired) electrons. The summed E-state index contributed by atoms with van der Waals surface area (Å²) in [6.45, 7) is 1.29. The molecule has 144 valence electrons. The highest BCUT2D eigenvalue weighted by Crippen LogP contribution is 2.17. The van der Waals surface area contributed by atoms with Crippen molar-refractivity contribution in [2.45, 2.75) is 6.42 Å². The molecule has 2 aromatic rings. The third-order valence-corrected chi connectivity index (χ3v) is 6.04. The Bertz CT molecular complexity index is 923. The van der Waals surface area contributed by atoms with E-state index in [0.29, 0.717) is 37.0 Å². The smallest absolute Gasteiger partial charge is 0.295 e. The zero-order valence-corrected chi connectivity index (χ0v) is 16.2. The molecule has 0 atom stereocenters. The molecule has 1 aliphatic rings. The van der Waals surface area contributed by atoms with Gasteiger partial charge in [0, 0.05) is 44.0 Å². The minimum atomic E-state index is -3.23. The highest BCUT2D eigenvalue weighted by Gasteiger charge is 2.26. The van der Waals surface area contributed by atoms with Crippen LogP contribution in [0.25, 0.3) is 0 Å². The van der Waals surface area contributed by atoms with Crippen LogP contribution < -0.4 is 5.32 Å². The Morgan fingerprint density at radius 3 is 2.48 bits per heavy atom. The number of carbonyl (C=O) groups is 2. The second-order valence-electron chi connectivity index (χ2n) is 5.89. The van der Waals surface area contributed by atoms with Crippen LogP contribution in [0.15, 0.2) is 23.8 Å². The maximum Gasteiger partial charge on any atom is 0.295 e. The summed E-state index contributed by atoms with van der Waals surface area (Å²) in [5.41, 5.74) is 0.542. The van der Waals surface area contributed by atoms with E-state index in [4.69, 9.17) is 0 Å². The molecular weight excluding hydrogens is 392 g/mol. The molecule has 1 aliphatic heterocycles. The topological polar surface area (TPSA) is 125 Å².